The highest BCUT2D eigenvalue weighted by atomic mass is 32.1. The zero-order valence-electron chi connectivity index (χ0n) is 12.1. The average Bonchev–Trinajstić information content (AvgIpc) is 3.18. The van der Waals surface area contributed by atoms with Gasteiger partial charge < -0.3 is 10.6 Å². The Balaban J connectivity index is 1.67. The number of rotatable bonds is 3. The molecule has 20 heavy (non-hydrogen) atoms. The lowest BCUT2D eigenvalue weighted by molar-refractivity contribution is -0.137. The Morgan fingerprint density at radius 3 is 2.35 bits per heavy atom. The van der Waals surface area contributed by atoms with E-state index in [0.29, 0.717) is 11.0 Å². The number of likely N-dealkylation sites (tertiary alicyclic amines) is 2. The molecule has 4 nitrogen and oxygen atoms in total. The summed E-state index contributed by atoms with van der Waals surface area (Å²) >= 11 is 5.24. The molecular weight excluding hydrogens is 270 g/mol. The van der Waals surface area contributed by atoms with E-state index in [1.54, 1.807) is 0 Å². The van der Waals surface area contributed by atoms with Crippen molar-refractivity contribution in [2.45, 2.75) is 51.0 Å². The van der Waals surface area contributed by atoms with Gasteiger partial charge in [-0.25, -0.2) is 0 Å². The third-order valence-corrected chi connectivity index (χ3v) is 5.84. The Morgan fingerprint density at radius 1 is 1.10 bits per heavy atom. The fourth-order valence-corrected chi connectivity index (χ4v) is 4.47. The second kappa shape index (κ2) is 5.60. The highest BCUT2D eigenvalue weighted by Gasteiger charge is 2.47. The van der Waals surface area contributed by atoms with Crippen molar-refractivity contribution < 1.29 is 4.79 Å². The Bertz CT molecular complexity index is 400. The number of amides is 1. The first-order chi connectivity index (χ1) is 9.63. The standard InChI is InChI=1S/C15H25N3OS/c16-13(20)15(6-1-2-7-15)14(19)18-10-5-12(11-18)17-8-3-4-9-17/h12H,1-11H2,(H2,16,20). The molecule has 3 fully saturated rings. The summed E-state index contributed by atoms with van der Waals surface area (Å²) in [6.45, 7) is 4.16. The molecule has 2 aliphatic heterocycles. The van der Waals surface area contributed by atoms with Gasteiger partial charge in [0.15, 0.2) is 0 Å². The number of thiocarbonyl (C=S) groups is 1. The molecule has 0 bridgehead atoms. The topological polar surface area (TPSA) is 49.6 Å². The summed E-state index contributed by atoms with van der Waals surface area (Å²) < 4.78 is 0. The average molecular weight is 295 g/mol. The molecule has 0 radical (unpaired) electrons. The third-order valence-electron chi connectivity index (χ3n) is 5.45. The molecule has 2 N–H and O–H groups in total. The maximum atomic E-state index is 12.9. The van der Waals surface area contributed by atoms with Gasteiger partial charge in [-0.2, -0.15) is 0 Å². The molecule has 1 aliphatic carbocycles. The van der Waals surface area contributed by atoms with Crippen LogP contribution in [0.2, 0.25) is 0 Å². The quantitative estimate of drug-likeness (QED) is 0.802. The van der Waals surface area contributed by atoms with E-state index in [0.717, 1.165) is 45.2 Å². The van der Waals surface area contributed by atoms with Gasteiger partial charge in [-0.05, 0) is 45.2 Å². The lowest BCUT2D eigenvalue weighted by atomic mass is 9.84. The van der Waals surface area contributed by atoms with Crippen molar-refractivity contribution in [3.63, 3.8) is 0 Å². The molecule has 3 rings (SSSR count). The summed E-state index contributed by atoms with van der Waals surface area (Å²) in [5, 5.41) is 0. The van der Waals surface area contributed by atoms with E-state index in [1.807, 2.05) is 4.90 Å². The molecular formula is C15H25N3OS. The first-order valence-electron chi connectivity index (χ1n) is 7.97. The van der Waals surface area contributed by atoms with Gasteiger partial charge in [0.1, 0.15) is 0 Å². The summed E-state index contributed by atoms with van der Waals surface area (Å²) in [6.07, 6.45) is 7.58. The maximum Gasteiger partial charge on any atom is 0.235 e. The van der Waals surface area contributed by atoms with Crippen LogP contribution in [0.25, 0.3) is 0 Å². The lowest BCUT2D eigenvalue weighted by Gasteiger charge is -2.32. The van der Waals surface area contributed by atoms with Crippen molar-refractivity contribution in [3.8, 4) is 0 Å². The molecule has 2 saturated heterocycles. The van der Waals surface area contributed by atoms with Gasteiger partial charge in [0.05, 0.1) is 10.4 Å². The van der Waals surface area contributed by atoms with Crippen molar-refractivity contribution in [2.24, 2.45) is 11.1 Å². The normalized spacial score (nSPS) is 30.0. The minimum Gasteiger partial charge on any atom is -0.392 e. The van der Waals surface area contributed by atoms with Crippen molar-refractivity contribution in [1.82, 2.24) is 9.80 Å². The smallest absolute Gasteiger partial charge is 0.235 e. The van der Waals surface area contributed by atoms with Crippen LogP contribution in [0, 0.1) is 5.41 Å². The second-order valence-electron chi connectivity index (χ2n) is 6.59. The number of carbonyl (C=O) groups is 1. The monoisotopic (exact) mass is 295 g/mol. The predicted octanol–water partition coefficient (Wildman–Crippen LogP) is 1.53. The largest absolute Gasteiger partial charge is 0.392 e. The molecule has 0 spiro atoms. The predicted molar refractivity (Wildman–Crippen MR) is 83.5 cm³/mol. The number of nitrogens with two attached hydrogens (primary N) is 1. The van der Waals surface area contributed by atoms with E-state index < -0.39 is 5.41 Å². The highest BCUT2D eigenvalue weighted by molar-refractivity contribution is 7.80. The fraction of sp³-hybridized carbons (Fsp3) is 0.867. The van der Waals surface area contributed by atoms with Gasteiger partial charge in [-0.1, -0.05) is 25.1 Å². The SMILES string of the molecule is NC(=S)C1(C(=O)N2CCC(N3CCCC3)C2)CCCC1. The van der Waals surface area contributed by atoms with Gasteiger partial charge >= 0.3 is 0 Å². The third kappa shape index (κ3) is 2.35. The molecule has 1 atom stereocenters. The molecule has 1 saturated carbocycles. The van der Waals surface area contributed by atoms with Crippen molar-refractivity contribution in [1.29, 1.82) is 0 Å². The zero-order valence-corrected chi connectivity index (χ0v) is 13.0. The van der Waals surface area contributed by atoms with Crippen LogP contribution in [-0.4, -0.2) is 52.9 Å². The van der Waals surface area contributed by atoms with Crippen LogP contribution in [0.5, 0.6) is 0 Å². The van der Waals surface area contributed by atoms with Crippen LogP contribution >= 0.6 is 12.2 Å². The minimum absolute atomic E-state index is 0.212. The van der Waals surface area contributed by atoms with Crippen LogP contribution in [0.4, 0.5) is 0 Å². The van der Waals surface area contributed by atoms with Crippen molar-refractivity contribution in [3.05, 3.63) is 0 Å². The zero-order chi connectivity index (χ0) is 14.2. The van der Waals surface area contributed by atoms with E-state index >= 15 is 0 Å². The number of hydrogen-bond acceptors (Lipinski definition) is 3. The molecule has 112 valence electrons. The van der Waals surface area contributed by atoms with Crippen LogP contribution in [-0.2, 0) is 4.79 Å². The van der Waals surface area contributed by atoms with Gasteiger partial charge in [0.2, 0.25) is 5.91 Å². The number of hydrogen-bond donors (Lipinski definition) is 1. The summed E-state index contributed by atoms with van der Waals surface area (Å²) in [4.78, 5) is 17.9. The Kier molecular flexibility index (Phi) is 4.00. The first-order valence-corrected chi connectivity index (χ1v) is 8.38. The summed E-state index contributed by atoms with van der Waals surface area (Å²) in [5.41, 5.74) is 5.41. The molecule has 3 aliphatic rings. The molecule has 1 amide bonds. The number of nitrogens with zero attached hydrogens (tertiary/aromatic N) is 2. The summed E-state index contributed by atoms with van der Waals surface area (Å²) in [7, 11) is 0. The molecule has 0 aromatic rings. The maximum absolute atomic E-state index is 12.9. The van der Waals surface area contributed by atoms with Crippen molar-refractivity contribution in [2.75, 3.05) is 26.2 Å². The van der Waals surface area contributed by atoms with E-state index in [9.17, 15) is 4.79 Å². The lowest BCUT2D eigenvalue weighted by Crippen LogP contribution is -2.49. The van der Waals surface area contributed by atoms with Gasteiger partial charge in [0, 0.05) is 19.1 Å². The summed E-state index contributed by atoms with van der Waals surface area (Å²) in [6, 6.07) is 0.561. The van der Waals surface area contributed by atoms with Crippen LogP contribution in [0.1, 0.15) is 44.9 Å². The van der Waals surface area contributed by atoms with E-state index in [-0.39, 0.29) is 5.91 Å². The fourth-order valence-electron chi connectivity index (χ4n) is 4.18. The van der Waals surface area contributed by atoms with Gasteiger partial charge in [-0.3, -0.25) is 9.69 Å². The number of carbonyl (C=O) groups excluding carboxylic acids is 1. The van der Waals surface area contributed by atoms with Crippen LogP contribution in [0.3, 0.4) is 0 Å². The van der Waals surface area contributed by atoms with Crippen molar-refractivity contribution >= 4 is 23.1 Å². The van der Waals surface area contributed by atoms with Crippen LogP contribution < -0.4 is 5.73 Å². The van der Waals surface area contributed by atoms with E-state index in [4.69, 9.17) is 18.0 Å². The molecule has 0 aromatic carbocycles. The Labute approximate surface area is 126 Å². The van der Waals surface area contributed by atoms with Gasteiger partial charge in [0.25, 0.3) is 0 Å². The highest BCUT2D eigenvalue weighted by Crippen LogP contribution is 2.41. The van der Waals surface area contributed by atoms with E-state index in [1.165, 1.54) is 25.9 Å². The molecule has 2 heterocycles. The first kappa shape index (κ1) is 14.3. The van der Waals surface area contributed by atoms with Gasteiger partial charge in [-0.15, -0.1) is 0 Å². The summed E-state index contributed by atoms with van der Waals surface area (Å²) in [5.74, 6) is 0.212. The molecule has 0 aromatic heterocycles. The second-order valence-corrected chi connectivity index (χ2v) is 7.03. The molecule has 1 unspecified atom stereocenters. The molecule has 5 heteroatoms. The van der Waals surface area contributed by atoms with E-state index in [2.05, 4.69) is 4.90 Å². The Morgan fingerprint density at radius 2 is 1.75 bits per heavy atom. The Hall–Kier alpha value is -0.680. The van der Waals surface area contributed by atoms with Crippen LogP contribution in [0.15, 0.2) is 0 Å². The minimum atomic E-state index is -0.519.